The first-order chi connectivity index (χ1) is 14.0. The number of amides is 1. The van der Waals surface area contributed by atoms with Crippen molar-refractivity contribution in [2.24, 2.45) is 17.6 Å². The number of anilines is 1. The lowest BCUT2D eigenvalue weighted by atomic mass is 10.0. The molecule has 3 N–H and O–H groups in total. The average Bonchev–Trinajstić information content (AvgIpc) is 3.33. The van der Waals surface area contributed by atoms with E-state index in [1.54, 1.807) is 10.9 Å². The summed E-state index contributed by atoms with van der Waals surface area (Å²) in [5.74, 6) is 1.49. The molecular formula is C20H25N7O2. The Bertz CT molecular complexity index is 1000. The fraction of sp³-hybridized carbons (Fsp3) is 0.450. The predicted octanol–water partition coefficient (Wildman–Crippen LogP) is 2.31. The molecular weight excluding hydrogens is 370 g/mol. The number of nitrogens with one attached hydrogen (secondary N) is 1. The molecule has 1 aliphatic rings. The van der Waals surface area contributed by atoms with Crippen molar-refractivity contribution in [1.82, 2.24) is 25.0 Å². The number of benzene rings is 1. The van der Waals surface area contributed by atoms with E-state index in [1.807, 2.05) is 38.1 Å². The molecule has 9 nitrogen and oxygen atoms in total. The molecule has 29 heavy (non-hydrogen) atoms. The summed E-state index contributed by atoms with van der Waals surface area (Å²) < 4.78 is 7.37. The molecule has 2 aromatic heterocycles. The fourth-order valence-electron chi connectivity index (χ4n) is 3.68. The molecule has 1 aliphatic carbocycles. The Hall–Kier alpha value is -3.23. The second kappa shape index (κ2) is 8.02. The predicted molar refractivity (Wildman–Crippen MR) is 109 cm³/mol. The molecule has 1 aromatic carbocycles. The number of nitrogens with two attached hydrogens (primary N) is 1. The molecule has 2 heterocycles. The van der Waals surface area contributed by atoms with Crippen LogP contribution < -0.4 is 15.8 Å². The number of fused-ring (bicyclic) bond motifs is 1. The third-order valence-electron chi connectivity index (χ3n) is 5.14. The summed E-state index contributed by atoms with van der Waals surface area (Å²) in [7, 11) is 0. The van der Waals surface area contributed by atoms with E-state index in [4.69, 9.17) is 10.5 Å². The molecule has 0 spiro atoms. The standard InChI is InChI=1S/C20H25N7O2/c1-12(2)29-16-7-5-15(6-8-16)27-19-17(25-26-27)11-23-20(24-19)22-10-13-3-4-14(9-13)18(21)28/h5-8,11-14H,3-4,9-10H2,1-2H3,(H2,21,28)(H,22,23,24)/t13-,14-/m1/s1. The molecule has 0 unspecified atom stereocenters. The zero-order chi connectivity index (χ0) is 20.4. The first-order valence-corrected chi connectivity index (χ1v) is 9.88. The van der Waals surface area contributed by atoms with Gasteiger partial charge in [-0.05, 0) is 63.3 Å². The largest absolute Gasteiger partial charge is 0.491 e. The normalized spacial score (nSPS) is 19.0. The topological polar surface area (TPSA) is 121 Å². The van der Waals surface area contributed by atoms with E-state index in [2.05, 4.69) is 25.6 Å². The Balaban J connectivity index is 1.48. The molecule has 0 saturated heterocycles. The monoisotopic (exact) mass is 395 g/mol. The summed E-state index contributed by atoms with van der Waals surface area (Å²) in [6.45, 7) is 4.69. The van der Waals surface area contributed by atoms with Crippen molar-refractivity contribution in [3.05, 3.63) is 30.5 Å². The molecule has 1 saturated carbocycles. The molecule has 152 valence electrons. The highest BCUT2D eigenvalue weighted by molar-refractivity contribution is 5.77. The van der Waals surface area contributed by atoms with Crippen molar-refractivity contribution in [1.29, 1.82) is 0 Å². The van der Waals surface area contributed by atoms with Crippen molar-refractivity contribution < 1.29 is 9.53 Å². The second-order valence-corrected chi connectivity index (χ2v) is 7.72. The molecule has 1 fully saturated rings. The van der Waals surface area contributed by atoms with Crippen LogP contribution in [0.25, 0.3) is 16.9 Å². The van der Waals surface area contributed by atoms with Crippen LogP contribution in [-0.4, -0.2) is 43.5 Å². The molecule has 0 aliphatic heterocycles. The number of hydrogen-bond donors (Lipinski definition) is 2. The van der Waals surface area contributed by atoms with Crippen LogP contribution in [0.3, 0.4) is 0 Å². The summed E-state index contributed by atoms with van der Waals surface area (Å²) in [4.78, 5) is 20.3. The summed E-state index contributed by atoms with van der Waals surface area (Å²) in [5, 5.41) is 11.6. The van der Waals surface area contributed by atoms with Gasteiger partial charge in [0.1, 0.15) is 5.75 Å². The Morgan fingerprint density at radius 3 is 2.79 bits per heavy atom. The van der Waals surface area contributed by atoms with Gasteiger partial charge in [0.05, 0.1) is 18.0 Å². The second-order valence-electron chi connectivity index (χ2n) is 7.72. The maximum Gasteiger partial charge on any atom is 0.224 e. The molecule has 0 radical (unpaired) electrons. The van der Waals surface area contributed by atoms with Crippen molar-refractivity contribution in [3.63, 3.8) is 0 Å². The minimum Gasteiger partial charge on any atom is -0.491 e. The van der Waals surface area contributed by atoms with Gasteiger partial charge in [-0.1, -0.05) is 5.21 Å². The zero-order valence-corrected chi connectivity index (χ0v) is 16.6. The first-order valence-electron chi connectivity index (χ1n) is 9.88. The highest BCUT2D eigenvalue weighted by Gasteiger charge is 2.28. The highest BCUT2D eigenvalue weighted by atomic mass is 16.5. The van der Waals surface area contributed by atoms with Gasteiger partial charge in [0.25, 0.3) is 0 Å². The fourth-order valence-corrected chi connectivity index (χ4v) is 3.68. The van der Waals surface area contributed by atoms with Crippen molar-refractivity contribution in [2.45, 2.75) is 39.2 Å². The number of carbonyl (C=O) groups is 1. The van der Waals surface area contributed by atoms with E-state index in [0.29, 0.717) is 29.6 Å². The zero-order valence-electron chi connectivity index (χ0n) is 16.6. The van der Waals surface area contributed by atoms with Gasteiger partial charge in [-0.25, -0.2) is 4.98 Å². The van der Waals surface area contributed by atoms with Crippen LogP contribution >= 0.6 is 0 Å². The van der Waals surface area contributed by atoms with Crippen LogP contribution in [-0.2, 0) is 4.79 Å². The maximum absolute atomic E-state index is 11.3. The van der Waals surface area contributed by atoms with E-state index in [-0.39, 0.29) is 17.9 Å². The minimum absolute atomic E-state index is 0.0153. The quantitative estimate of drug-likeness (QED) is 0.629. The van der Waals surface area contributed by atoms with Gasteiger partial charge in [-0.3, -0.25) is 4.79 Å². The number of aromatic nitrogens is 5. The van der Waals surface area contributed by atoms with Crippen LogP contribution in [0.5, 0.6) is 5.75 Å². The lowest BCUT2D eigenvalue weighted by Crippen LogP contribution is -2.21. The van der Waals surface area contributed by atoms with E-state index < -0.39 is 0 Å². The van der Waals surface area contributed by atoms with Crippen LogP contribution in [0.1, 0.15) is 33.1 Å². The lowest BCUT2D eigenvalue weighted by Gasteiger charge is -2.11. The summed E-state index contributed by atoms with van der Waals surface area (Å²) in [6, 6.07) is 7.64. The number of hydrogen-bond acceptors (Lipinski definition) is 7. The first kappa shape index (κ1) is 19.1. The number of primary amides is 1. The number of nitrogens with zero attached hydrogens (tertiary/aromatic N) is 5. The SMILES string of the molecule is CC(C)Oc1ccc(-n2nnc3cnc(NC[C@@H]4CC[C@@H](C(N)=O)C4)nc32)cc1. The van der Waals surface area contributed by atoms with Gasteiger partial charge in [-0.15, -0.1) is 5.10 Å². The minimum atomic E-state index is -0.204. The van der Waals surface area contributed by atoms with Gasteiger partial charge < -0.3 is 15.8 Å². The average molecular weight is 395 g/mol. The molecule has 9 heteroatoms. The van der Waals surface area contributed by atoms with Crippen LogP contribution in [0, 0.1) is 11.8 Å². The Morgan fingerprint density at radius 2 is 2.10 bits per heavy atom. The Labute approximate surface area is 168 Å². The number of carbonyl (C=O) groups excluding carboxylic acids is 1. The van der Waals surface area contributed by atoms with E-state index in [0.717, 1.165) is 30.7 Å². The molecule has 1 amide bonds. The van der Waals surface area contributed by atoms with Gasteiger partial charge in [0, 0.05) is 12.5 Å². The molecule has 2 atom stereocenters. The van der Waals surface area contributed by atoms with Gasteiger partial charge in [0.2, 0.25) is 11.9 Å². The van der Waals surface area contributed by atoms with Crippen LogP contribution in [0.15, 0.2) is 30.5 Å². The third kappa shape index (κ3) is 4.28. The Morgan fingerprint density at radius 1 is 1.31 bits per heavy atom. The van der Waals surface area contributed by atoms with Gasteiger partial charge in [-0.2, -0.15) is 9.67 Å². The van der Waals surface area contributed by atoms with E-state index in [9.17, 15) is 4.79 Å². The van der Waals surface area contributed by atoms with Crippen molar-refractivity contribution in [2.75, 3.05) is 11.9 Å². The smallest absolute Gasteiger partial charge is 0.224 e. The molecule has 0 bridgehead atoms. The van der Waals surface area contributed by atoms with Crippen molar-refractivity contribution in [3.8, 4) is 11.4 Å². The van der Waals surface area contributed by atoms with Gasteiger partial charge >= 0.3 is 0 Å². The third-order valence-corrected chi connectivity index (χ3v) is 5.14. The van der Waals surface area contributed by atoms with Gasteiger partial charge in [0.15, 0.2) is 11.2 Å². The van der Waals surface area contributed by atoms with Crippen LogP contribution in [0.4, 0.5) is 5.95 Å². The summed E-state index contributed by atoms with van der Waals surface area (Å²) in [5.41, 5.74) is 7.50. The highest BCUT2D eigenvalue weighted by Crippen LogP contribution is 2.30. The number of ether oxygens (including phenoxy) is 1. The van der Waals surface area contributed by atoms with Crippen molar-refractivity contribution >= 4 is 23.0 Å². The maximum atomic E-state index is 11.3. The number of rotatable bonds is 7. The van der Waals surface area contributed by atoms with Crippen LogP contribution in [0.2, 0.25) is 0 Å². The molecule has 4 rings (SSSR count). The summed E-state index contributed by atoms with van der Waals surface area (Å²) >= 11 is 0. The van der Waals surface area contributed by atoms with E-state index in [1.165, 1.54) is 0 Å². The summed E-state index contributed by atoms with van der Waals surface area (Å²) in [6.07, 6.45) is 4.43. The van der Waals surface area contributed by atoms with E-state index >= 15 is 0 Å². The molecule has 3 aromatic rings. The Kier molecular flexibility index (Phi) is 5.28. The lowest BCUT2D eigenvalue weighted by molar-refractivity contribution is -0.121.